The Hall–Kier alpha value is -2.33. The number of nitrogens with two attached hydrogens (primary N) is 1. The fourth-order valence-electron chi connectivity index (χ4n) is 2.25. The second-order valence-corrected chi connectivity index (χ2v) is 5.58. The Morgan fingerprint density at radius 3 is 2.57 bits per heavy atom. The van der Waals surface area contributed by atoms with E-state index in [2.05, 4.69) is 17.4 Å². The van der Waals surface area contributed by atoms with Crippen molar-refractivity contribution in [3.05, 3.63) is 54.6 Å². The molecule has 2 aromatic carbocycles. The van der Waals surface area contributed by atoms with Gasteiger partial charge in [0.25, 0.3) is 0 Å². The summed E-state index contributed by atoms with van der Waals surface area (Å²) in [6.45, 7) is 2.82. The zero-order chi connectivity index (χ0) is 16.5. The van der Waals surface area contributed by atoms with Crippen molar-refractivity contribution in [3.8, 4) is 16.9 Å². The van der Waals surface area contributed by atoms with E-state index in [4.69, 9.17) is 10.5 Å². The van der Waals surface area contributed by atoms with Gasteiger partial charge >= 0.3 is 0 Å². The van der Waals surface area contributed by atoms with Crippen LogP contribution in [0.4, 0.5) is 0 Å². The van der Waals surface area contributed by atoms with Gasteiger partial charge in [0.1, 0.15) is 12.4 Å². The summed E-state index contributed by atoms with van der Waals surface area (Å²) in [6.07, 6.45) is 1.15. The number of hydrogen-bond acceptors (Lipinski definition) is 3. The Morgan fingerprint density at radius 2 is 1.83 bits per heavy atom. The van der Waals surface area contributed by atoms with Gasteiger partial charge < -0.3 is 15.8 Å². The van der Waals surface area contributed by atoms with E-state index >= 15 is 0 Å². The van der Waals surface area contributed by atoms with E-state index in [0.717, 1.165) is 16.9 Å². The molecule has 0 heterocycles. The van der Waals surface area contributed by atoms with Crippen molar-refractivity contribution in [2.45, 2.75) is 25.8 Å². The molecule has 0 aliphatic rings. The zero-order valence-electron chi connectivity index (χ0n) is 13.5. The molecule has 122 valence electrons. The van der Waals surface area contributed by atoms with E-state index < -0.39 is 0 Å². The summed E-state index contributed by atoms with van der Waals surface area (Å²) in [6, 6.07) is 18.1. The van der Waals surface area contributed by atoms with Crippen LogP contribution in [0.2, 0.25) is 0 Å². The molecule has 23 heavy (non-hydrogen) atoms. The minimum absolute atomic E-state index is 0.0160. The normalized spacial score (nSPS) is 11.7. The molecule has 3 N–H and O–H groups in total. The number of carbonyl (C=O) groups excluding carboxylic acids is 1. The molecule has 4 heteroatoms. The molecular weight excluding hydrogens is 288 g/mol. The molecule has 0 radical (unpaired) electrons. The molecule has 0 saturated carbocycles. The molecule has 1 amide bonds. The van der Waals surface area contributed by atoms with Crippen molar-refractivity contribution >= 4 is 5.91 Å². The van der Waals surface area contributed by atoms with Gasteiger partial charge in [-0.05, 0) is 25.0 Å². The number of para-hydroxylation sites is 1. The first-order valence-corrected chi connectivity index (χ1v) is 7.96. The second-order valence-electron chi connectivity index (χ2n) is 5.58. The van der Waals surface area contributed by atoms with Crippen LogP contribution in [-0.4, -0.2) is 25.1 Å². The maximum Gasteiger partial charge on any atom is 0.220 e. The lowest BCUT2D eigenvalue weighted by Gasteiger charge is -2.12. The number of nitrogens with one attached hydrogen (secondary N) is 1. The maximum absolute atomic E-state index is 11.6. The van der Waals surface area contributed by atoms with E-state index in [1.54, 1.807) is 0 Å². The molecule has 2 aromatic rings. The average Bonchev–Trinajstić information content (AvgIpc) is 2.58. The molecule has 2 rings (SSSR count). The van der Waals surface area contributed by atoms with Crippen molar-refractivity contribution in [1.82, 2.24) is 5.32 Å². The highest BCUT2D eigenvalue weighted by Crippen LogP contribution is 2.29. The standard InChI is InChI=1S/C19H24N2O2/c1-15(20)11-12-19(22)21-13-14-23-18-10-6-5-9-17(18)16-7-3-2-4-8-16/h2-10,15H,11-14,20H2,1H3,(H,21,22). The van der Waals surface area contributed by atoms with Crippen LogP contribution in [0.3, 0.4) is 0 Å². The van der Waals surface area contributed by atoms with Gasteiger partial charge in [-0.1, -0.05) is 48.5 Å². The molecule has 1 unspecified atom stereocenters. The predicted molar refractivity (Wildman–Crippen MR) is 93.3 cm³/mol. The Balaban J connectivity index is 1.84. The first-order valence-electron chi connectivity index (χ1n) is 7.96. The van der Waals surface area contributed by atoms with Gasteiger partial charge in [0, 0.05) is 18.0 Å². The Kier molecular flexibility index (Phi) is 6.63. The summed E-state index contributed by atoms with van der Waals surface area (Å²) >= 11 is 0. The smallest absolute Gasteiger partial charge is 0.220 e. The first-order chi connectivity index (χ1) is 11.2. The molecule has 0 saturated heterocycles. The first kappa shape index (κ1) is 17.0. The highest BCUT2D eigenvalue weighted by molar-refractivity contribution is 5.75. The van der Waals surface area contributed by atoms with Crippen LogP contribution < -0.4 is 15.8 Å². The van der Waals surface area contributed by atoms with Gasteiger partial charge in [-0.25, -0.2) is 0 Å². The van der Waals surface area contributed by atoms with Crippen LogP contribution >= 0.6 is 0 Å². The second kappa shape index (κ2) is 8.96. The number of carbonyl (C=O) groups is 1. The molecule has 0 bridgehead atoms. The molecule has 0 aromatic heterocycles. The number of hydrogen-bond donors (Lipinski definition) is 2. The number of ether oxygens (including phenoxy) is 1. The van der Waals surface area contributed by atoms with Crippen LogP contribution in [0.5, 0.6) is 5.75 Å². The third-order valence-electron chi connectivity index (χ3n) is 3.48. The van der Waals surface area contributed by atoms with Crippen LogP contribution in [0, 0.1) is 0 Å². The summed E-state index contributed by atoms with van der Waals surface area (Å²) in [7, 11) is 0. The third-order valence-corrected chi connectivity index (χ3v) is 3.48. The summed E-state index contributed by atoms with van der Waals surface area (Å²) in [4.78, 5) is 11.6. The molecular formula is C19H24N2O2. The van der Waals surface area contributed by atoms with E-state index in [0.29, 0.717) is 26.0 Å². The van der Waals surface area contributed by atoms with Gasteiger partial charge in [-0.15, -0.1) is 0 Å². The maximum atomic E-state index is 11.6. The lowest BCUT2D eigenvalue weighted by Crippen LogP contribution is -2.29. The van der Waals surface area contributed by atoms with E-state index in [-0.39, 0.29) is 11.9 Å². The van der Waals surface area contributed by atoms with Crippen molar-refractivity contribution in [1.29, 1.82) is 0 Å². The lowest BCUT2D eigenvalue weighted by molar-refractivity contribution is -0.121. The summed E-state index contributed by atoms with van der Waals surface area (Å²) < 4.78 is 5.83. The van der Waals surface area contributed by atoms with Gasteiger partial charge in [0.2, 0.25) is 5.91 Å². The molecule has 0 aliphatic carbocycles. The van der Waals surface area contributed by atoms with Crippen molar-refractivity contribution in [2.75, 3.05) is 13.2 Å². The monoisotopic (exact) mass is 312 g/mol. The van der Waals surface area contributed by atoms with Crippen LogP contribution in [0.25, 0.3) is 11.1 Å². The summed E-state index contributed by atoms with van der Waals surface area (Å²) in [5.41, 5.74) is 7.81. The van der Waals surface area contributed by atoms with E-state index in [1.165, 1.54) is 0 Å². The highest BCUT2D eigenvalue weighted by atomic mass is 16.5. The Morgan fingerprint density at radius 1 is 1.13 bits per heavy atom. The van der Waals surface area contributed by atoms with Gasteiger partial charge in [0.05, 0.1) is 6.54 Å². The third kappa shape index (κ3) is 5.75. The Bertz CT molecular complexity index is 612. The van der Waals surface area contributed by atoms with Crippen LogP contribution in [0.1, 0.15) is 19.8 Å². The van der Waals surface area contributed by atoms with Gasteiger partial charge in [-0.3, -0.25) is 4.79 Å². The highest BCUT2D eigenvalue weighted by Gasteiger charge is 2.06. The predicted octanol–water partition coefficient (Wildman–Crippen LogP) is 2.98. The number of amides is 1. The minimum Gasteiger partial charge on any atom is -0.491 e. The van der Waals surface area contributed by atoms with E-state index in [9.17, 15) is 4.79 Å². The number of rotatable bonds is 8. The number of benzene rings is 2. The van der Waals surface area contributed by atoms with Crippen LogP contribution in [-0.2, 0) is 4.79 Å². The van der Waals surface area contributed by atoms with Crippen molar-refractivity contribution < 1.29 is 9.53 Å². The Labute approximate surface area is 137 Å². The fraction of sp³-hybridized carbons (Fsp3) is 0.316. The molecule has 4 nitrogen and oxygen atoms in total. The fourth-order valence-corrected chi connectivity index (χ4v) is 2.25. The summed E-state index contributed by atoms with van der Waals surface area (Å²) in [5, 5.41) is 2.85. The molecule has 0 spiro atoms. The minimum atomic E-state index is 0.0160. The van der Waals surface area contributed by atoms with Gasteiger partial charge in [0.15, 0.2) is 0 Å². The lowest BCUT2D eigenvalue weighted by atomic mass is 10.1. The van der Waals surface area contributed by atoms with E-state index in [1.807, 2.05) is 49.4 Å². The summed E-state index contributed by atoms with van der Waals surface area (Å²) in [5.74, 6) is 0.839. The molecule has 1 atom stereocenters. The van der Waals surface area contributed by atoms with Crippen molar-refractivity contribution in [3.63, 3.8) is 0 Å². The van der Waals surface area contributed by atoms with Crippen molar-refractivity contribution in [2.24, 2.45) is 5.73 Å². The van der Waals surface area contributed by atoms with Gasteiger partial charge in [-0.2, -0.15) is 0 Å². The molecule has 0 fully saturated rings. The molecule has 0 aliphatic heterocycles. The topological polar surface area (TPSA) is 64.4 Å². The quantitative estimate of drug-likeness (QED) is 0.737. The average molecular weight is 312 g/mol. The van der Waals surface area contributed by atoms with Crippen LogP contribution in [0.15, 0.2) is 54.6 Å². The SMILES string of the molecule is CC(N)CCC(=O)NCCOc1ccccc1-c1ccccc1. The largest absolute Gasteiger partial charge is 0.491 e. The zero-order valence-corrected chi connectivity index (χ0v) is 13.5.